The fourth-order valence-electron chi connectivity index (χ4n) is 4.09. The van der Waals surface area contributed by atoms with E-state index in [1.165, 1.54) is 0 Å². The highest BCUT2D eigenvalue weighted by Crippen LogP contribution is 2.53. The first-order valence-corrected chi connectivity index (χ1v) is 9.99. The molecule has 1 atom stereocenters. The van der Waals surface area contributed by atoms with Gasteiger partial charge in [-0.15, -0.1) is 0 Å². The van der Waals surface area contributed by atoms with Gasteiger partial charge >= 0.3 is 0 Å². The molecule has 0 N–H and O–H groups in total. The predicted molar refractivity (Wildman–Crippen MR) is 113 cm³/mol. The van der Waals surface area contributed by atoms with Gasteiger partial charge in [-0.3, -0.25) is 4.79 Å². The van der Waals surface area contributed by atoms with Gasteiger partial charge in [0.2, 0.25) is 0 Å². The molecule has 5 rings (SSSR count). The Labute approximate surface area is 170 Å². The van der Waals surface area contributed by atoms with Gasteiger partial charge in [0.1, 0.15) is 40.1 Å². The number of fused-ring (bicyclic) bond motifs is 6. The minimum Gasteiger partial charge on any atom is -0.484 e. The summed E-state index contributed by atoms with van der Waals surface area (Å²) in [6, 6.07) is 9.87. The van der Waals surface area contributed by atoms with Crippen LogP contribution in [0.3, 0.4) is 0 Å². The van der Waals surface area contributed by atoms with Crippen molar-refractivity contribution < 1.29 is 19.0 Å². The summed E-state index contributed by atoms with van der Waals surface area (Å²) < 4.78 is 19.0. The summed E-state index contributed by atoms with van der Waals surface area (Å²) in [4.78, 5) is 13.3. The molecule has 3 heterocycles. The lowest BCUT2D eigenvalue weighted by molar-refractivity contribution is 0.0823. The molecule has 2 aromatic carbocycles. The average Bonchev–Trinajstić information content (AvgIpc) is 2.66. The molecule has 4 heteroatoms. The maximum Gasteiger partial charge on any atom is 0.174 e. The Morgan fingerprint density at radius 3 is 2.07 bits per heavy atom. The Morgan fingerprint density at radius 1 is 0.828 bits per heavy atom. The minimum absolute atomic E-state index is 0.0310. The molecule has 3 aliphatic heterocycles. The monoisotopic (exact) mass is 388 g/mol. The van der Waals surface area contributed by atoms with Crippen molar-refractivity contribution >= 4 is 17.9 Å². The molecular formula is C25H24O4. The number of carbonyl (C=O) groups is 1. The molecule has 0 saturated carbocycles. The van der Waals surface area contributed by atoms with Gasteiger partial charge in [0.25, 0.3) is 0 Å². The molecule has 0 unspecified atom stereocenters. The van der Waals surface area contributed by atoms with Gasteiger partial charge in [0.05, 0.1) is 17.5 Å². The van der Waals surface area contributed by atoms with Crippen LogP contribution in [-0.4, -0.2) is 17.0 Å². The largest absolute Gasteiger partial charge is 0.484 e. The topological polar surface area (TPSA) is 44.8 Å². The van der Waals surface area contributed by atoms with Gasteiger partial charge in [-0.1, -0.05) is 30.3 Å². The highest BCUT2D eigenvalue weighted by Gasteiger charge is 2.40. The quantitative estimate of drug-likeness (QED) is 0.623. The molecule has 29 heavy (non-hydrogen) atoms. The molecule has 0 aromatic heterocycles. The van der Waals surface area contributed by atoms with Gasteiger partial charge < -0.3 is 14.2 Å². The molecule has 0 radical (unpaired) electrons. The average molecular weight is 388 g/mol. The van der Waals surface area contributed by atoms with Crippen molar-refractivity contribution in [3.05, 3.63) is 64.7 Å². The third-order valence-corrected chi connectivity index (χ3v) is 5.55. The highest BCUT2D eigenvalue weighted by atomic mass is 16.5. The van der Waals surface area contributed by atoms with Crippen molar-refractivity contribution in [2.24, 2.45) is 0 Å². The van der Waals surface area contributed by atoms with Crippen LogP contribution in [0.1, 0.15) is 67.3 Å². The van der Waals surface area contributed by atoms with Crippen molar-refractivity contribution in [3.63, 3.8) is 0 Å². The van der Waals surface area contributed by atoms with Crippen molar-refractivity contribution in [1.82, 2.24) is 0 Å². The smallest absolute Gasteiger partial charge is 0.174 e. The second-order valence-electron chi connectivity index (χ2n) is 8.91. The van der Waals surface area contributed by atoms with Gasteiger partial charge in [-0.25, -0.2) is 0 Å². The van der Waals surface area contributed by atoms with Crippen molar-refractivity contribution in [1.29, 1.82) is 0 Å². The summed E-state index contributed by atoms with van der Waals surface area (Å²) in [5.74, 6) is 1.86. The summed E-state index contributed by atoms with van der Waals surface area (Å²) in [5, 5.41) is 0. The van der Waals surface area contributed by atoms with E-state index in [-0.39, 0.29) is 18.3 Å². The molecule has 148 valence electrons. The third-order valence-electron chi connectivity index (χ3n) is 5.55. The van der Waals surface area contributed by atoms with Crippen LogP contribution in [0.25, 0.3) is 12.2 Å². The molecule has 0 spiro atoms. The van der Waals surface area contributed by atoms with E-state index in [0.29, 0.717) is 22.8 Å². The summed E-state index contributed by atoms with van der Waals surface area (Å²) in [6.45, 7) is 7.97. The molecule has 0 aliphatic carbocycles. The number of Topliss-reactive ketones (excluding diaryl/α,β-unsaturated/α-hetero) is 1. The Morgan fingerprint density at radius 2 is 1.41 bits per heavy atom. The van der Waals surface area contributed by atoms with Crippen molar-refractivity contribution in [2.75, 3.05) is 0 Å². The van der Waals surface area contributed by atoms with Gasteiger partial charge in [0, 0.05) is 0 Å². The van der Waals surface area contributed by atoms with Crippen LogP contribution in [0.15, 0.2) is 42.5 Å². The predicted octanol–water partition coefficient (Wildman–Crippen LogP) is 5.76. The maximum absolute atomic E-state index is 13.3. The molecule has 2 aromatic rings. The molecule has 0 fully saturated rings. The summed E-state index contributed by atoms with van der Waals surface area (Å²) >= 11 is 0. The molecule has 0 saturated heterocycles. The van der Waals surface area contributed by atoms with Crippen molar-refractivity contribution in [2.45, 2.75) is 51.4 Å². The fraction of sp³-hybridized carbons (Fsp3) is 0.320. The van der Waals surface area contributed by atoms with E-state index in [1.54, 1.807) is 0 Å². The van der Waals surface area contributed by atoms with Crippen LogP contribution in [0, 0.1) is 0 Å². The normalized spacial score (nSPS) is 22.5. The van der Waals surface area contributed by atoms with E-state index in [9.17, 15) is 4.79 Å². The zero-order chi connectivity index (χ0) is 20.4. The molecule has 4 nitrogen and oxygen atoms in total. The molecule has 3 aliphatic rings. The zero-order valence-electron chi connectivity index (χ0n) is 17.1. The van der Waals surface area contributed by atoms with E-state index >= 15 is 0 Å². The SMILES string of the molecule is CC1(C)C=Cc2c(c3c(c4c2O[C@@H](c2ccccc2)CC4=O)OC(C)(C)C=C3)O1. The molecular weight excluding hydrogens is 364 g/mol. The van der Waals surface area contributed by atoms with Gasteiger partial charge in [-0.05, 0) is 57.6 Å². The van der Waals surface area contributed by atoms with Gasteiger partial charge in [-0.2, -0.15) is 0 Å². The van der Waals surface area contributed by atoms with E-state index in [4.69, 9.17) is 14.2 Å². The number of carbonyl (C=O) groups excluding carboxylic acids is 1. The van der Waals surface area contributed by atoms with Gasteiger partial charge in [0.15, 0.2) is 5.78 Å². The standard InChI is InChI=1S/C25H24O4/c1-24(2)12-10-16-21(28-24)17-11-13-25(3,4)29-23(17)20-18(26)14-19(27-22(16)20)15-8-6-5-7-9-15/h5-13,19H,14H2,1-4H3/t19-/m1/s1. The Bertz CT molecular complexity index is 1070. The first kappa shape index (κ1) is 18.0. The van der Waals surface area contributed by atoms with Crippen LogP contribution in [-0.2, 0) is 0 Å². The van der Waals surface area contributed by atoms with Crippen LogP contribution in [0.4, 0.5) is 0 Å². The maximum atomic E-state index is 13.3. The van der Waals surface area contributed by atoms with Crippen molar-refractivity contribution in [3.8, 4) is 17.2 Å². The first-order chi connectivity index (χ1) is 13.7. The number of rotatable bonds is 1. The summed E-state index contributed by atoms with van der Waals surface area (Å²) in [5.41, 5.74) is 2.17. The van der Waals surface area contributed by atoms with Crippen LogP contribution in [0.2, 0.25) is 0 Å². The number of ketones is 1. The Balaban J connectivity index is 1.74. The second-order valence-corrected chi connectivity index (χ2v) is 8.91. The molecule has 0 amide bonds. The number of benzene rings is 2. The van der Waals surface area contributed by atoms with E-state index in [1.807, 2.05) is 82.3 Å². The highest BCUT2D eigenvalue weighted by molar-refractivity contribution is 6.06. The van der Waals surface area contributed by atoms with E-state index < -0.39 is 11.2 Å². The van der Waals surface area contributed by atoms with Crippen LogP contribution >= 0.6 is 0 Å². The Hall–Kier alpha value is -3.01. The van der Waals surface area contributed by atoms with E-state index in [0.717, 1.165) is 16.7 Å². The lowest BCUT2D eigenvalue weighted by Crippen LogP contribution is -2.33. The fourth-order valence-corrected chi connectivity index (χ4v) is 4.09. The lowest BCUT2D eigenvalue weighted by Gasteiger charge is -2.37. The minimum atomic E-state index is -0.508. The molecule has 0 bridgehead atoms. The first-order valence-electron chi connectivity index (χ1n) is 9.99. The summed E-state index contributed by atoms with van der Waals surface area (Å²) in [6.07, 6.45) is 7.97. The zero-order valence-corrected chi connectivity index (χ0v) is 17.1. The van der Waals surface area contributed by atoms with Crippen LogP contribution < -0.4 is 14.2 Å². The Kier molecular flexibility index (Phi) is 3.73. The summed E-state index contributed by atoms with van der Waals surface area (Å²) in [7, 11) is 0. The number of hydrogen-bond donors (Lipinski definition) is 0. The number of hydrogen-bond acceptors (Lipinski definition) is 4. The van der Waals surface area contributed by atoms with Crippen LogP contribution in [0.5, 0.6) is 17.2 Å². The van der Waals surface area contributed by atoms with E-state index in [2.05, 4.69) is 0 Å². The third kappa shape index (κ3) is 2.94. The number of ether oxygens (including phenoxy) is 3. The lowest BCUT2D eigenvalue weighted by atomic mass is 9.87. The second kappa shape index (κ2) is 5.99.